The van der Waals surface area contributed by atoms with E-state index in [1.807, 2.05) is 0 Å². The number of esters is 1. The fourth-order valence-electron chi connectivity index (χ4n) is 2.19. The molecule has 20 heavy (non-hydrogen) atoms. The van der Waals surface area contributed by atoms with Crippen LogP contribution in [0, 0.1) is 6.92 Å². The van der Waals surface area contributed by atoms with Gasteiger partial charge in [-0.2, -0.15) is 0 Å². The van der Waals surface area contributed by atoms with Crippen molar-refractivity contribution in [3.05, 3.63) is 29.3 Å². The molecule has 1 heterocycles. The fraction of sp³-hybridized carbons (Fsp3) is 0.429. The van der Waals surface area contributed by atoms with E-state index in [0.717, 1.165) is 0 Å². The molecule has 0 spiro atoms. The second-order valence-electron chi connectivity index (χ2n) is 4.56. The highest BCUT2D eigenvalue weighted by molar-refractivity contribution is 5.98. The van der Waals surface area contributed by atoms with E-state index in [1.54, 1.807) is 19.1 Å². The summed E-state index contributed by atoms with van der Waals surface area (Å²) in [6, 6.07) is 4.00. The van der Waals surface area contributed by atoms with Gasteiger partial charge in [-0.1, -0.05) is 6.07 Å². The number of phenolic OH excluding ortho intramolecular Hbond substituents is 1. The van der Waals surface area contributed by atoms with Gasteiger partial charge in [0.2, 0.25) is 0 Å². The van der Waals surface area contributed by atoms with Gasteiger partial charge in [-0.15, -0.1) is 0 Å². The lowest BCUT2D eigenvalue weighted by atomic mass is 10.1. The van der Waals surface area contributed by atoms with Crippen LogP contribution in [0.15, 0.2) is 18.2 Å². The van der Waals surface area contributed by atoms with Crippen LogP contribution < -0.4 is 0 Å². The standard InChI is InChI=1S/C14H17NO5/c1-9-10(4-3-5-12(9)16)13(17)15-6-7-20-8-11(15)14(18)19-2/h3-5,11,16H,6-8H2,1-2H3. The highest BCUT2D eigenvalue weighted by Gasteiger charge is 2.34. The van der Waals surface area contributed by atoms with Crippen LogP contribution in [-0.4, -0.2) is 54.8 Å². The minimum Gasteiger partial charge on any atom is -0.508 e. The van der Waals surface area contributed by atoms with Crippen molar-refractivity contribution in [2.45, 2.75) is 13.0 Å². The van der Waals surface area contributed by atoms with Gasteiger partial charge in [-0.25, -0.2) is 4.79 Å². The molecule has 6 heteroatoms. The topological polar surface area (TPSA) is 76.1 Å². The highest BCUT2D eigenvalue weighted by Crippen LogP contribution is 2.22. The Labute approximate surface area is 116 Å². The maximum atomic E-state index is 12.6. The van der Waals surface area contributed by atoms with Gasteiger partial charge in [-0.05, 0) is 19.1 Å². The molecule has 0 radical (unpaired) electrons. The largest absolute Gasteiger partial charge is 0.508 e. The number of rotatable bonds is 2. The molecule has 1 N–H and O–H groups in total. The number of hydrogen-bond acceptors (Lipinski definition) is 5. The Hall–Kier alpha value is -2.08. The average Bonchev–Trinajstić information content (AvgIpc) is 2.48. The summed E-state index contributed by atoms with van der Waals surface area (Å²) in [6.07, 6.45) is 0. The number of carbonyl (C=O) groups excluding carboxylic acids is 2. The van der Waals surface area contributed by atoms with E-state index in [2.05, 4.69) is 0 Å². The average molecular weight is 279 g/mol. The molecule has 1 aromatic rings. The van der Waals surface area contributed by atoms with E-state index >= 15 is 0 Å². The minimum absolute atomic E-state index is 0.0544. The second kappa shape index (κ2) is 5.92. The Morgan fingerprint density at radius 3 is 2.90 bits per heavy atom. The van der Waals surface area contributed by atoms with E-state index in [9.17, 15) is 14.7 Å². The molecular weight excluding hydrogens is 262 g/mol. The number of hydrogen-bond donors (Lipinski definition) is 1. The van der Waals surface area contributed by atoms with Crippen LogP contribution in [0.5, 0.6) is 5.75 Å². The molecule has 2 rings (SSSR count). The van der Waals surface area contributed by atoms with Crippen LogP contribution in [-0.2, 0) is 14.3 Å². The maximum absolute atomic E-state index is 12.6. The molecule has 1 atom stereocenters. The van der Waals surface area contributed by atoms with Crippen molar-refractivity contribution in [2.24, 2.45) is 0 Å². The van der Waals surface area contributed by atoms with Gasteiger partial charge in [0.05, 0.1) is 20.3 Å². The number of ether oxygens (including phenoxy) is 2. The van der Waals surface area contributed by atoms with Crippen molar-refractivity contribution < 1.29 is 24.2 Å². The third kappa shape index (κ3) is 2.60. The van der Waals surface area contributed by atoms with Crippen molar-refractivity contribution in [1.29, 1.82) is 0 Å². The van der Waals surface area contributed by atoms with Crippen LogP contribution in [0.1, 0.15) is 15.9 Å². The van der Waals surface area contributed by atoms with Crippen LogP contribution in [0.3, 0.4) is 0 Å². The quantitative estimate of drug-likeness (QED) is 0.807. The predicted molar refractivity (Wildman–Crippen MR) is 70.5 cm³/mol. The van der Waals surface area contributed by atoms with E-state index in [-0.39, 0.29) is 18.3 Å². The molecule has 1 saturated heterocycles. The molecule has 0 aliphatic carbocycles. The summed E-state index contributed by atoms with van der Waals surface area (Å²) in [6.45, 7) is 2.47. The number of methoxy groups -OCH3 is 1. The lowest BCUT2D eigenvalue weighted by molar-refractivity contribution is -0.151. The molecule has 1 amide bonds. The fourth-order valence-corrected chi connectivity index (χ4v) is 2.19. The van der Waals surface area contributed by atoms with E-state index in [1.165, 1.54) is 18.1 Å². The van der Waals surface area contributed by atoms with Crippen LogP contribution in [0.2, 0.25) is 0 Å². The zero-order valence-electron chi connectivity index (χ0n) is 11.5. The van der Waals surface area contributed by atoms with Crippen molar-refractivity contribution in [3.63, 3.8) is 0 Å². The highest BCUT2D eigenvalue weighted by atomic mass is 16.5. The van der Waals surface area contributed by atoms with Crippen LogP contribution in [0.25, 0.3) is 0 Å². The van der Waals surface area contributed by atoms with Crippen LogP contribution in [0.4, 0.5) is 0 Å². The van der Waals surface area contributed by atoms with E-state index in [4.69, 9.17) is 9.47 Å². The minimum atomic E-state index is -0.747. The van der Waals surface area contributed by atoms with E-state index in [0.29, 0.717) is 24.3 Å². The molecule has 0 aromatic heterocycles. The summed E-state index contributed by atoms with van der Waals surface area (Å²) < 4.78 is 9.93. The third-order valence-corrected chi connectivity index (χ3v) is 3.40. The van der Waals surface area contributed by atoms with E-state index < -0.39 is 12.0 Å². The smallest absolute Gasteiger partial charge is 0.331 e. The summed E-state index contributed by atoms with van der Waals surface area (Å²) in [5.74, 6) is -0.758. The number of nitrogens with zero attached hydrogens (tertiary/aromatic N) is 1. The number of aromatic hydroxyl groups is 1. The first kappa shape index (κ1) is 14.3. The molecule has 1 aliphatic heterocycles. The Morgan fingerprint density at radius 2 is 2.20 bits per heavy atom. The molecule has 6 nitrogen and oxygen atoms in total. The summed E-state index contributed by atoms with van der Waals surface area (Å²) in [5.41, 5.74) is 0.869. The molecule has 1 aromatic carbocycles. The van der Waals surface area contributed by atoms with Gasteiger partial charge >= 0.3 is 5.97 Å². The zero-order chi connectivity index (χ0) is 14.7. The third-order valence-electron chi connectivity index (χ3n) is 3.40. The second-order valence-corrected chi connectivity index (χ2v) is 4.56. The number of phenols is 1. The normalized spacial score (nSPS) is 18.7. The zero-order valence-corrected chi connectivity index (χ0v) is 11.5. The lowest BCUT2D eigenvalue weighted by Crippen LogP contribution is -2.53. The molecule has 0 bridgehead atoms. The molecular formula is C14H17NO5. The molecule has 108 valence electrons. The summed E-state index contributed by atoms with van der Waals surface area (Å²) in [5, 5.41) is 9.68. The molecule has 1 aliphatic rings. The molecule has 0 saturated carbocycles. The monoisotopic (exact) mass is 279 g/mol. The van der Waals surface area contributed by atoms with Crippen molar-refractivity contribution in [2.75, 3.05) is 26.9 Å². The SMILES string of the molecule is COC(=O)C1COCCN1C(=O)c1cccc(O)c1C. The molecule has 1 fully saturated rings. The van der Waals surface area contributed by atoms with Gasteiger partial charge in [0.1, 0.15) is 5.75 Å². The summed E-state index contributed by atoms with van der Waals surface area (Å²) in [4.78, 5) is 25.7. The van der Waals surface area contributed by atoms with Crippen molar-refractivity contribution >= 4 is 11.9 Å². The Kier molecular flexibility index (Phi) is 4.24. The lowest BCUT2D eigenvalue weighted by Gasteiger charge is -2.34. The predicted octanol–water partition coefficient (Wildman–Crippen LogP) is 0.715. The maximum Gasteiger partial charge on any atom is 0.331 e. The number of carbonyl (C=O) groups is 2. The van der Waals surface area contributed by atoms with Gasteiger partial charge in [0.15, 0.2) is 6.04 Å². The summed E-state index contributed by atoms with van der Waals surface area (Å²) >= 11 is 0. The molecule has 1 unspecified atom stereocenters. The van der Waals surface area contributed by atoms with Crippen LogP contribution >= 0.6 is 0 Å². The Bertz CT molecular complexity index is 528. The Balaban J connectivity index is 2.30. The van der Waals surface area contributed by atoms with Gasteiger partial charge in [0.25, 0.3) is 5.91 Å². The Morgan fingerprint density at radius 1 is 1.45 bits per heavy atom. The van der Waals surface area contributed by atoms with Crippen molar-refractivity contribution in [3.8, 4) is 5.75 Å². The number of amides is 1. The van der Waals surface area contributed by atoms with Gasteiger partial charge in [0, 0.05) is 17.7 Å². The number of morpholine rings is 1. The first-order valence-corrected chi connectivity index (χ1v) is 6.31. The van der Waals surface area contributed by atoms with Crippen molar-refractivity contribution in [1.82, 2.24) is 4.90 Å². The first-order chi connectivity index (χ1) is 9.56. The first-order valence-electron chi connectivity index (χ1n) is 6.31. The van der Waals surface area contributed by atoms with Gasteiger partial charge < -0.3 is 19.5 Å². The summed E-state index contributed by atoms with van der Waals surface area (Å²) in [7, 11) is 1.28. The van der Waals surface area contributed by atoms with Gasteiger partial charge in [-0.3, -0.25) is 4.79 Å². The number of benzene rings is 1.